The largest absolute Gasteiger partial charge is 0.423 e. The first-order chi connectivity index (χ1) is 13.1. The van der Waals surface area contributed by atoms with Gasteiger partial charge < -0.3 is 9.32 Å². The fourth-order valence-corrected chi connectivity index (χ4v) is 4.03. The summed E-state index contributed by atoms with van der Waals surface area (Å²) >= 11 is 6.40. The van der Waals surface area contributed by atoms with Crippen molar-refractivity contribution in [1.29, 1.82) is 0 Å². The Morgan fingerprint density at radius 1 is 1.00 bits per heavy atom. The maximum absolute atomic E-state index is 12.0. The Kier molecular flexibility index (Phi) is 5.19. The molecular weight excluding hydrogens is 360 g/mol. The molecule has 0 atom stereocenters. The van der Waals surface area contributed by atoms with Crippen molar-refractivity contribution in [3.63, 3.8) is 0 Å². The Labute approximate surface area is 164 Å². The van der Waals surface area contributed by atoms with Crippen LogP contribution in [0.25, 0.3) is 11.0 Å². The summed E-state index contributed by atoms with van der Waals surface area (Å²) in [6.07, 6.45) is 0.810. The van der Waals surface area contributed by atoms with E-state index >= 15 is 0 Å². The SMILES string of the molecule is CCc1cc2oc(=O)cc(CN3CCN(c4ccccc4)CC3)c2cc1Cl. The van der Waals surface area contributed by atoms with E-state index in [2.05, 4.69) is 34.1 Å². The molecule has 1 aromatic heterocycles. The fourth-order valence-electron chi connectivity index (χ4n) is 3.73. The van der Waals surface area contributed by atoms with Crippen molar-refractivity contribution >= 4 is 28.3 Å². The fraction of sp³-hybridized carbons (Fsp3) is 0.318. The van der Waals surface area contributed by atoms with Crippen LogP contribution in [-0.4, -0.2) is 31.1 Å². The van der Waals surface area contributed by atoms with Gasteiger partial charge in [0.2, 0.25) is 0 Å². The molecule has 1 saturated heterocycles. The van der Waals surface area contributed by atoms with Crippen LogP contribution in [0.5, 0.6) is 0 Å². The molecule has 0 radical (unpaired) electrons. The molecule has 0 bridgehead atoms. The molecule has 1 fully saturated rings. The molecule has 0 spiro atoms. The number of rotatable bonds is 4. The van der Waals surface area contributed by atoms with Gasteiger partial charge in [-0.15, -0.1) is 0 Å². The minimum absolute atomic E-state index is 0.301. The van der Waals surface area contributed by atoms with E-state index in [1.165, 1.54) is 5.69 Å². The Hall–Kier alpha value is -2.30. The average Bonchev–Trinajstić information content (AvgIpc) is 2.69. The lowest BCUT2D eigenvalue weighted by atomic mass is 10.1. The predicted molar refractivity (Wildman–Crippen MR) is 111 cm³/mol. The molecule has 2 aromatic carbocycles. The van der Waals surface area contributed by atoms with Crippen LogP contribution >= 0.6 is 11.6 Å². The smallest absolute Gasteiger partial charge is 0.336 e. The Morgan fingerprint density at radius 3 is 2.44 bits per heavy atom. The van der Waals surface area contributed by atoms with Gasteiger partial charge in [0.15, 0.2) is 0 Å². The van der Waals surface area contributed by atoms with Gasteiger partial charge in [-0.05, 0) is 41.8 Å². The second-order valence-corrected chi connectivity index (χ2v) is 7.39. The van der Waals surface area contributed by atoms with Crippen LogP contribution in [0, 0.1) is 0 Å². The number of anilines is 1. The number of aryl methyl sites for hydroxylation is 1. The molecule has 2 heterocycles. The summed E-state index contributed by atoms with van der Waals surface area (Å²) in [6.45, 7) is 6.64. The summed E-state index contributed by atoms with van der Waals surface area (Å²) in [5.74, 6) is 0. The van der Waals surface area contributed by atoms with Gasteiger partial charge in [0.05, 0.1) is 0 Å². The van der Waals surface area contributed by atoms with Gasteiger partial charge in [-0.2, -0.15) is 0 Å². The van der Waals surface area contributed by atoms with Gasteiger partial charge in [-0.1, -0.05) is 36.7 Å². The predicted octanol–water partition coefficient (Wildman–Crippen LogP) is 4.33. The molecule has 1 aliphatic rings. The van der Waals surface area contributed by atoms with Crippen LogP contribution in [0.3, 0.4) is 0 Å². The number of benzene rings is 2. The van der Waals surface area contributed by atoms with Crippen LogP contribution in [0.4, 0.5) is 5.69 Å². The van der Waals surface area contributed by atoms with Crippen LogP contribution in [0.15, 0.2) is 57.7 Å². The Bertz CT molecular complexity index is 992. The maximum Gasteiger partial charge on any atom is 0.336 e. The summed E-state index contributed by atoms with van der Waals surface area (Å²) in [5, 5.41) is 1.66. The van der Waals surface area contributed by atoms with Gasteiger partial charge >= 0.3 is 5.63 Å². The molecule has 140 valence electrons. The molecule has 1 aliphatic heterocycles. The summed E-state index contributed by atoms with van der Waals surface area (Å²) in [5.41, 5.74) is 3.58. The average molecular weight is 383 g/mol. The Balaban J connectivity index is 1.54. The summed E-state index contributed by atoms with van der Waals surface area (Å²) in [7, 11) is 0. The minimum Gasteiger partial charge on any atom is -0.423 e. The van der Waals surface area contributed by atoms with Crippen molar-refractivity contribution in [2.24, 2.45) is 0 Å². The topological polar surface area (TPSA) is 36.7 Å². The van der Waals surface area contributed by atoms with E-state index in [0.717, 1.165) is 60.7 Å². The molecule has 3 aromatic rings. The molecule has 0 saturated carbocycles. The van der Waals surface area contributed by atoms with E-state index in [9.17, 15) is 4.79 Å². The highest BCUT2D eigenvalue weighted by atomic mass is 35.5. The quantitative estimate of drug-likeness (QED) is 0.629. The number of para-hydroxylation sites is 1. The van der Waals surface area contributed by atoms with Gasteiger partial charge in [0.25, 0.3) is 0 Å². The highest BCUT2D eigenvalue weighted by Crippen LogP contribution is 2.27. The van der Waals surface area contributed by atoms with E-state index in [1.807, 2.05) is 25.1 Å². The lowest BCUT2D eigenvalue weighted by Gasteiger charge is -2.36. The second kappa shape index (κ2) is 7.75. The van der Waals surface area contributed by atoms with Crippen molar-refractivity contribution in [3.05, 3.63) is 75.1 Å². The zero-order valence-corrected chi connectivity index (χ0v) is 16.2. The van der Waals surface area contributed by atoms with Gasteiger partial charge in [-0.25, -0.2) is 4.79 Å². The molecule has 4 rings (SSSR count). The number of halogens is 1. The molecular formula is C22H23ClN2O2. The third-order valence-electron chi connectivity index (χ3n) is 5.27. The number of fused-ring (bicyclic) bond motifs is 1. The third-order valence-corrected chi connectivity index (χ3v) is 5.62. The van der Waals surface area contributed by atoms with Crippen molar-refractivity contribution in [2.75, 3.05) is 31.1 Å². The number of hydrogen-bond donors (Lipinski definition) is 0. The summed E-state index contributed by atoms with van der Waals surface area (Å²) in [6, 6.07) is 15.9. The van der Waals surface area contributed by atoms with Gasteiger partial charge in [-0.3, -0.25) is 4.90 Å². The van der Waals surface area contributed by atoms with Crippen molar-refractivity contribution in [1.82, 2.24) is 4.90 Å². The van der Waals surface area contributed by atoms with Gasteiger partial charge in [0, 0.05) is 54.9 Å². The van der Waals surface area contributed by atoms with Gasteiger partial charge in [0.1, 0.15) is 5.58 Å². The highest BCUT2D eigenvalue weighted by Gasteiger charge is 2.19. The highest BCUT2D eigenvalue weighted by molar-refractivity contribution is 6.32. The standard InChI is InChI=1S/C22H23ClN2O2/c1-2-16-12-21-19(14-20(16)23)17(13-22(26)27-21)15-24-8-10-25(11-9-24)18-6-4-3-5-7-18/h3-7,12-14H,2,8-11,15H2,1H3. The molecule has 0 N–H and O–H groups in total. The van der Waals surface area contributed by atoms with Crippen molar-refractivity contribution in [2.45, 2.75) is 19.9 Å². The monoisotopic (exact) mass is 382 g/mol. The van der Waals surface area contributed by atoms with E-state index < -0.39 is 0 Å². The van der Waals surface area contributed by atoms with E-state index in [4.69, 9.17) is 16.0 Å². The van der Waals surface area contributed by atoms with Crippen LogP contribution in [0.1, 0.15) is 18.1 Å². The maximum atomic E-state index is 12.0. The molecule has 5 heteroatoms. The van der Waals surface area contributed by atoms with Crippen LogP contribution in [0.2, 0.25) is 5.02 Å². The first-order valence-electron chi connectivity index (χ1n) is 9.41. The molecule has 0 unspecified atom stereocenters. The summed E-state index contributed by atoms with van der Waals surface area (Å²) < 4.78 is 5.42. The van der Waals surface area contributed by atoms with E-state index in [1.54, 1.807) is 6.07 Å². The molecule has 0 aliphatic carbocycles. The normalized spacial score (nSPS) is 15.4. The third kappa shape index (κ3) is 3.87. The van der Waals surface area contributed by atoms with Crippen LogP contribution < -0.4 is 10.5 Å². The Morgan fingerprint density at radius 2 is 1.74 bits per heavy atom. The lowest BCUT2D eigenvalue weighted by molar-refractivity contribution is 0.250. The molecule has 27 heavy (non-hydrogen) atoms. The first-order valence-corrected chi connectivity index (χ1v) is 9.79. The molecule has 4 nitrogen and oxygen atoms in total. The number of hydrogen-bond acceptors (Lipinski definition) is 4. The zero-order chi connectivity index (χ0) is 18.8. The number of piperazine rings is 1. The first kappa shape index (κ1) is 18.1. The van der Waals surface area contributed by atoms with E-state index in [-0.39, 0.29) is 5.63 Å². The zero-order valence-electron chi connectivity index (χ0n) is 15.5. The second-order valence-electron chi connectivity index (χ2n) is 6.98. The van der Waals surface area contributed by atoms with E-state index in [0.29, 0.717) is 5.58 Å². The lowest BCUT2D eigenvalue weighted by Crippen LogP contribution is -2.46. The minimum atomic E-state index is -0.301. The number of nitrogens with zero attached hydrogens (tertiary/aromatic N) is 2. The van der Waals surface area contributed by atoms with Crippen molar-refractivity contribution < 1.29 is 4.42 Å². The van der Waals surface area contributed by atoms with Crippen LogP contribution in [-0.2, 0) is 13.0 Å². The van der Waals surface area contributed by atoms with Crippen molar-refractivity contribution in [3.8, 4) is 0 Å². The molecule has 0 amide bonds. The summed E-state index contributed by atoms with van der Waals surface area (Å²) in [4.78, 5) is 16.8.